The van der Waals surface area contributed by atoms with E-state index in [0.717, 1.165) is 22.6 Å². The summed E-state index contributed by atoms with van der Waals surface area (Å²) in [5, 5.41) is 6.00. The molecule has 1 amide bonds. The van der Waals surface area contributed by atoms with Crippen molar-refractivity contribution >= 4 is 17.6 Å². The highest BCUT2D eigenvalue weighted by Crippen LogP contribution is 2.34. The maximum absolute atomic E-state index is 13.1. The molecule has 0 spiro atoms. The van der Waals surface area contributed by atoms with Gasteiger partial charge in [-0.05, 0) is 41.5 Å². The molecule has 0 aliphatic carbocycles. The normalized spacial score (nSPS) is 16.2. The van der Waals surface area contributed by atoms with E-state index in [1.54, 1.807) is 19.2 Å². The fourth-order valence-corrected chi connectivity index (χ4v) is 3.93. The molecule has 0 bridgehead atoms. The van der Waals surface area contributed by atoms with Crippen molar-refractivity contribution in [3.05, 3.63) is 89.5 Å². The average molecular weight is 458 g/mol. The molecule has 8 nitrogen and oxygen atoms in total. The highest BCUT2D eigenvalue weighted by Gasteiger charge is 2.33. The van der Waals surface area contributed by atoms with Crippen LogP contribution in [0.4, 0.5) is 0 Å². The van der Waals surface area contributed by atoms with Gasteiger partial charge in [-0.3, -0.25) is 4.79 Å². The van der Waals surface area contributed by atoms with Gasteiger partial charge in [0.25, 0.3) is 5.91 Å². The minimum Gasteiger partial charge on any atom is -0.497 e. The lowest BCUT2D eigenvalue weighted by Crippen LogP contribution is -2.31. The van der Waals surface area contributed by atoms with E-state index in [0.29, 0.717) is 17.9 Å². The van der Waals surface area contributed by atoms with Crippen LogP contribution in [-0.4, -0.2) is 43.1 Å². The largest absolute Gasteiger partial charge is 0.497 e. The second-order valence-electron chi connectivity index (χ2n) is 7.79. The Morgan fingerprint density at radius 3 is 2.53 bits per heavy atom. The van der Waals surface area contributed by atoms with E-state index in [-0.39, 0.29) is 18.4 Å². The molecule has 34 heavy (non-hydrogen) atoms. The van der Waals surface area contributed by atoms with Crippen LogP contribution in [0.15, 0.2) is 77.9 Å². The van der Waals surface area contributed by atoms with Crippen LogP contribution in [0.3, 0.4) is 0 Å². The molecule has 8 heteroatoms. The topological polar surface area (TPSA) is 86.7 Å². The van der Waals surface area contributed by atoms with Crippen LogP contribution in [-0.2, 0) is 9.53 Å². The van der Waals surface area contributed by atoms with E-state index < -0.39 is 18.5 Å². The predicted octanol–water partition coefficient (Wildman–Crippen LogP) is 3.96. The Balaban J connectivity index is 1.33. The second kappa shape index (κ2) is 9.27. The summed E-state index contributed by atoms with van der Waals surface area (Å²) in [6, 6.07) is 21.6. The molecule has 0 N–H and O–H groups in total. The summed E-state index contributed by atoms with van der Waals surface area (Å²) in [5.41, 5.74) is 2.91. The van der Waals surface area contributed by atoms with Crippen molar-refractivity contribution in [2.45, 2.75) is 12.5 Å². The zero-order chi connectivity index (χ0) is 23.5. The number of carbonyl (C=O) groups excluding carboxylic acids is 2. The van der Waals surface area contributed by atoms with Gasteiger partial charge in [0.2, 0.25) is 6.79 Å². The number of fused-ring (bicyclic) bond motifs is 1. The maximum atomic E-state index is 13.1. The molecule has 0 fully saturated rings. The number of nitrogens with zero attached hydrogens (tertiary/aromatic N) is 2. The molecule has 2 aliphatic rings. The second-order valence-corrected chi connectivity index (χ2v) is 7.79. The molecule has 5 rings (SSSR count). The summed E-state index contributed by atoms with van der Waals surface area (Å²) in [6.07, 6.45) is 0.540. The molecule has 0 aromatic heterocycles. The lowest BCUT2D eigenvalue weighted by atomic mass is 9.98. The van der Waals surface area contributed by atoms with Crippen LogP contribution in [0.5, 0.6) is 17.2 Å². The first-order chi connectivity index (χ1) is 16.6. The van der Waals surface area contributed by atoms with Crippen molar-refractivity contribution in [1.29, 1.82) is 0 Å². The molecule has 3 aromatic carbocycles. The van der Waals surface area contributed by atoms with Gasteiger partial charge in [-0.1, -0.05) is 42.5 Å². The monoisotopic (exact) mass is 458 g/mol. The molecule has 3 aromatic rings. The summed E-state index contributed by atoms with van der Waals surface area (Å²) < 4.78 is 21.1. The number of methoxy groups -OCH3 is 1. The van der Waals surface area contributed by atoms with Crippen molar-refractivity contribution in [3.8, 4) is 17.2 Å². The molecular formula is C26H22N2O6. The summed E-state index contributed by atoms with van der Waals surface area (Å²) in [4.78, 5) is 25.7. The van der Waals surface area contributed by atoms with Gasteiger partial charge >= 0.3 is 5.97 Å². The number of hydrazone groups is 1. The minimum absolute atomic E-state index is 0.107. The van der Waals surface area contributed by atoms with Crippen LogP contribution >= 0.6 is 0 Å². The van der Waals surface area contributed by atoms with E-state index in [9.17, 15) is 9.59 Å². The van der Waals surface area contributed by atoms with Crippen molar-refractivity contribution in [2.75, 3.05) is 20.5 Å². The highest BCUT2D eigenvalue weighted by molar-refractivity contribution is 6.03. The van der Waals surface area contributed by atoms with Gasteiger partial charge in [-0.25, -0.2) is 9.80 Å². The minimum atomic E-state index is -0.626. The Morgan fingerprint density at radius 1 is 1.00 bits per heavy atom. The third-order valence-corrected chi connectivity index (χ3v) is 5.71. The quantitative estimate of drug-likeness (QED) is 0.520. The zero-order valence-electron chi connectivity index (χ0n) is 18.5. The SMILES string of the molecule is COc1ccc([C@H]2CC(c3ccccc3)=NN2C(=O)COC(=O)c2ccc3c(c2)OCO3)cc1. The van der Waals surface area contributed by atoms with E-state index in [4.69, 9.17) is 18.9 Å². The average Bonchev–Trinajstić information content (AvgIpc) is 3.55. The lowest BCUT2D eigenvalue weighted by Gasteiger charge is -2.22. The third kappa shape index (κ3) is 4.30. The fourth-order valence-electron chi connectivity index (χ4n) is 3.93. The standard InChI is InChI=1S/C26H22N2O6/c1-31-20-10-7-18(8-11-20)22-14-21(17-5-3-2-4-6-17)27-28(22)25(29)15-32-26(30)19-9-12-23-24(13-19)34-16-33-23/h2-13,22H,14-16H2,1H3/t22-/m1/s1. The number of hydrogen-bond donors (Lipinski definition) is 0. The Kier molecular flexibility index (Phi) is 5.86. The van der Waals surface area contributed by atoms with Gasteiger partial charge in [-0.15, -0.1) is 0 Å². The summed E-state index contributed by atoms with van der Waals surface area (Å²) in [7, 11) is 1.60. The Morgan fingerprint density at radius 2 is 1.76 bits per heavy atom. The number of benzene rings is 3. The molecule has 2 aliphatic heterocycles. The Bertz CT molecular complexity index is 1240. The van der Waals surface area contributed by atoms with Gasteiger partial charge in [0.1, 0.15) is 5.75 Å². The van der Waals surface area contributed by atoms with Gasteiger partial charge < -0.3 is 18.9 Å². The Hall–Kier alpha value is -4.33. The number of amides is 1. The van der Waals surface area contributed by atoms with Crippen molar-refractivity contribution in [1.82, 2.24) is 5.01 Å². The van der Waals surface area contributed by atoms with Gasteiger partial charge in [0.15, 0.2) is 18.1 Å². The van der Waals surface area contributed by atoms with Crippen LogP contribution in [0.2, 0.25) is 0 Å². The van der Waals surface area contributed by atoms with Crippen molar-refractivity contribution < 1.29 is 28.5 Å². The van der Waals surface area contributed by atoms with Crippen molar-refractivity contribution in [3.63, 3.8) is 0 Å². The van der Waals surface area contributed by atoms with Gasteiger partial charge in [0, 0.05) is 6.42 Å². The van der Waals surface area contributed by atoms with E-state index in [1.807, 2.05) is 54.6 Å². The number of rotatable bonds is 6. The van der Waals surface area contributed by atoms with E-state index in [1.165, 1.54) is 11.1 Å². The zero-order valence-corrected chi connectivity index (χ0v) is 18.5. The first kappa shape index (κ1) is 21.5. The number of ether oxygens (including phenoxy) is 4. The van der Waals surface area contributed by atoms with Gasteiger partial charge in [-0.2, -0.15) is 5.10 Å². The lowest BCUT2D eigenvalue weighted by molar-refractivity contribution is -0.136. The highest BCUT2D eigenvalue weighted by atomic mass is 16.7. The predicted molar refractivity (Wildman–Crippen MR) is 123 cm³/mol. The van der Waals surface area contributed by atoms with E-state index in [2.05, 4.69) is 5.10 Å². The molecule has 0 radical (unpaired) electrons. The van der Waals surface area contributed by atoms with Crippen LogP contribution in [0.25, 0.3) is 0 Å². The Labute approximate surface area is 196 Å². The fraction of sp³-hybridized carbons (Fsp3) is 0.192. The van der Waals surface area contributed by atoms with Crippen molar-refractivity contribution in [2.24, 2.45) is 5.10 Å². The van der Waals surface area contributed by atoms with E-state index >= 15 is 0 Å². The molecule has 0 saturated carbocycles. The smallest absolute Gasteiger partial charge is 0.338 e. The first-order valence-electron chi connectivity index (χ1n) is 10.8. The third-order valence-electron chi connectivity index (χ3n) is 5.71. The summed E-state index contributed by atoms with van der Waals surface area (Å²) in [5.74, 6) is 0.716. The first-order valence-corrected chi connectivity index (χ1v) is 10.8. The van der Waals surface area contributed by atoms with Crippen LogP contribution in [0.1, 0.15) is 33.9 Å². The number of carbonyl (C=O) groups is 2. The number of esters is 1. The maximum Gasteiger partial charge on any atom is 0.338 e. The van der Waals surface area contributed by atoms with Crippen LogP contribution < -0.4 is 14.2 Å². The molecule has 1 atom stereocenters. The molecule has 0 saturated heterocycles. The molecule has 172 valence electrons. The van der Waals surface area contributed by atoms with Crippen LogP contribution in [0, 0.1) is 0 Å². The number of hydrogen-bond acceptors (Lipinski definition) is 7. The molecular weight excluding hydrogens is 436 g/mol. The molecule has 0 unspecified atom stereocenters. The van der Waals surface area contributed by atoms with Gasteiger partial charge in [0.05, 0.1) is 24.4 Å². The molecule has 2 heterocycles. The summed E-state index contributed by atoms with van der Waals surface area (Å²) >= 11 is 0. The summed E-state index contributed by atoms with van der Waals surface area (Å²) in [6.45, 7) is -0.332.